The van der Waals surface area contributed by atoms with Gasteiger partial charge in [0.1, 0.15) is 0 Å². The van der Waals surface area contributed by atoms with Crippen LogP contribution < -0.4 is 0 Å². The minimum absolute atomic E-state index is 0.592. The first-order chi connectivity index (χ1) is 11.7. The molecule has 4 heteroatoms. The Morgan fingerprint density at radius 2 is 1.71 bits per heavy atom. The van der Waals surface area contributed by atoms with Crippen LogP contribution in [0.3, 0.4) is 0 Å². The first-order valence-electron chi connectivity index (χ1n) is 9.64. The molecule has 2 atom stereocenters. The predicted octanol–water partition coefficient (Wildman–Crippen LogP) is 4.19. The second-order valence-corrected chi connectivity index (χ2v) is 7.85. The molecule has 24 heavy (non-hydrogen) atoms. The molecule has 0 spiro atoms. The Hall–Kier alpha value is -1.00. The molecule has 0 bridgehead atoms. The van der Waals surface area contributed by atoms with Crippen molar-refractivity contribution in [2.45, 2.75) is 63.6 Å². The van der Waals surface area contributed by atoms with Crippen LogP contribution in [-0.4, -0.2) is 41.5 Å². The second kappa shape index (κ2) is 7.09. The van der Waals surface area contributed by atoms with Gasteiger partial charge < -0.3 is 0 Å². The normalized spacial score (nSPS) is 29.8. The summed E-state index contributed by atoms with van der Waals surface area (Å²) in [5.41, 5.74) is 0.904. The zero-order valence-electron chi connectivity index (χ0n) is 14.4. The van der Waals surface area contributed by atoms with E-state index in [-0.39, 0.29) is 0 Å². The molecule has 1 aromatic carbocycles. The van der Waals surface area contributed by atoms with Crippen molar-refractivity contribution in [1.82, 2.24) is 9.80 Å². The average molecular weight is 334 g/mol. The maximum atomic E-state index is 13.6. The van der Waals surface area contributed by atoms with Gasteiger partial charge in [-0.15, -0.1) is 0 Å². The molecule has 1 aromatic rings. The lowest BCUT2D eigenvalue weighted by Crippen LogP contribution is -2.59. The average Bonchev–Trinajstić information content (AvgIpc) is 3.07. The molecule has 3 fully saturated rings. The summed E-state index contributed by atoms with van der Waals surface area (Å²) < 4.78 is 26.8. The molecular weight excluding hydrogens is 306 g/mol. The highest BCUT2D eigenvalue weighted by atomic mass is 19.2. The van der Waals surface area contributed by atoms with Crippen molar-refractivity contribution in [2.75, 3.05) is 19.6 Å². The molecule has 0 amide bonds. The van der Waals surface area contributed by atoms with Crippen LogP contribution in [0.2, 0.25) is 0 Å². The molecule has 0 radical (unpaired) electrons. The molecule has 2 heterocycles. The lowest BCUT2D eigenvalue weighted by atomic mass is 9.78. The molecule has 4 rings (SSSR count). The van der Waals surface area contributed by atoms with Gasteiger partial charge in [-0.1, -0.05) is 25.3 Å². The van der Waals surface area contributed by atoms with E-state index in [1.165, 1.54) is 63.6 Å². The van der Waals surface area contributed by atoms with Gasteiger partial charge in [-0.3, -0.25) is 9.80 Å². The van der Waals surface area contributed by atoms with Crippen molar-refractivity contribution in [3.8, 4) is 0 Å². The molecule has 0 unspecified atom stereocenters. The Kier molecular flexibility index (Phi) is 4.86. The zero-order chi connectivity index (χ0) is 16.5. The van der Waals surface area contributed by atoms with Gasteiger partial charge in [0.25, 0.3) is 0 Å². The van der Waals surface area contributed by atoms with Crippen LogP contribution in [0.5, 0.6) is 0 Å². The standard InChI is InChI=1S/C20H28F2N2/c21-17-9-8-15(13-18(17)22)14-24-12-11-23-10-4-7-19(23)20(24)16-5-2-1-3-6-16/h8-9,13,16,19-20H,1-7,10-12,14H2/t19-,20+/m0/s1. The molecule has 3 aliphatic rings. The number of fused-ring (bicyclic) bond motifs is 1. The molecule has 0 N–H and O–H groups in total. The highest BCUT2D eigenvalue weighted by molar-refractivity contribution is 5.18. The summed E-state index contributed by atoms with van der Waals surface area (Å²) in [5, 5.41) is 0. The third-order valence-corrected chi connectivity index (χ3v) is 6.41. The Morgan fingerprint density at radius 1 is 0.875 bits per heavy atom. The third-order valence-electron chi connectivity index (χ3n) is 6.41. The second-order valence-electron chi connectivity index (χ2n) is 7.85. The summed E-state index contributed by atoms with van der Waals surface area (Å²) in [6, 6.07) is 5.67. The first-order valence-corrected chi connectivity index (χ1v) is 9.64. The number of hydrogen-bond acceptors (Lipinski definition) is 2. The van der Waals surface area contributed by atoms with Gasteiger partial charge in [0.15, 0.2) is 11.6 Å². The Labute approximate surface area is 143 Å². The van der Waals surface area contributed by atoms with Gasteiger partial charge in [-0.2, -0.15) is 0 Å². The van der Waals surface area contributed by atoms with Crippen molar-refractivity contribution < 1.29 is 8.78 Å². The number of piperazine rings is 1. The van der Waals surface area contributed by atoms with Crippen LogP contribution in [0, 0.1) is 17.6 Å². The van der Waals surface area contributed by atoms with Crippen LogP contribution >= 0.6 is 0 Å². The number of hydrogen-bond donors (Lipinski definition) is 0. The van der Waals surface area contributed by atoms with Gasteiger partial charge in [0, 0.05) is 31.7 Å². The van der Waals surface area contributed by atoms with E-state index in [1.807, 2.05) is 0 Å². The van der Waals surface area contributed by atoms with E-state index in [9.17, 15) is 8.78 Å². The zero-order valence-corrected chi connectivity index (χ0v) is 14.4. The number of benzene rings is 1. The molecule has 2 nitrogen and oxygen atoms in total. The highest BCUT2D eigenvalue weighted by Gasteiger charge is 2.42. The van der Waals surface area contributed by atoms with Crippen molar-refractivity contribution in [3.05, 3.63) is 35.4 Å². The van der Waals surface area contributed by atoms with Crippen LogP contribution in [0.1, 0.15) is 50.5 Å². The van der Waals surface area contributed by atoms with Gasteiger partial charge in [-0.05, 0) is 55.8 Å². The summed E-state index contributed by atoms with van der Waals surface area (Å²) in [6.07, 6.45) is 9.37. The van der Waals surface area contributed by atoms with Crippen LogP contribution in [0.25, 0.3) is 0 Å². The summed E-state index contributed by atoms with van der Waals surface area (Å²) in [4.78, 5) is 5.26. The van der Waals surface area contributed by atoms with E-state index in [1.54, 1.807) is 6.07 Å². The molecule has 2 aliphatic heterocycles. The number of rotatable bonds is 3. The number of nitrogens with zero attached hydrogens (tertiary/aromatic N) is 2. The minimum Gasteiger partial charge on any atom is -0.298 e. The van der Waals surface area contributed by atoms with Crippen molar-refractivity contribution in [2.24, 2.45) is 5.92 Å². The summed E-state index contributed by atoms with van der Waals surface area (Å²) in [6.45, 7) is 4.17. The largest absolute Gasteiger partial charge is 0.298 e. The van der Waals surface area contributed by atoms with Gasteiger partial charge in [-0.25, -0.2) is 8.78 Å². The molecular formula is C20H28F2N2. The summed E-state index contributed by atoms with van der Waals surface area (Å²) in [7, 11) is 0. The molecule has 2 saturated heterocycles. The SMILES string of the molecule is Fc1ccc(CN2CCN3CCC[C@H]3[C@H]2C2CCCCC2)cc1F. The molecule has 132 valence electrons. The maximum absolute atomic E-state index is 13.6. The van der Waals surface area contributed by atoms with Gasteiger partial charge >= 0.3 is 0 Å². The maximum Gasteiger partial charge on any atom is 0.159 e. The Bertz CT molecular complexity index is 571. The Morgan fingerprint density at radius 3 is 2.50 bits per heavy atom. The van der Waals surface area contributed by atoms with E-state index in [2.05, 4.69) is 9.80 Å². The number of halogens is 2. The smallest absolute Gasteiger partial charge is 0.159 e. The van der Waals surface area contributed by atoms with E-state index in [0.29, 0.717) is 12.1 Å². The van der Waals surface area contributed by atoms with Crippen LogP contribution in [-0.2, 0) is 6.54 Å². The van der Waals surface area contributed by atoms with Crippen molar-refractivity contribution >= 4 is 0 Å². The summed E-state index contributed by atoms with van der Waals surface area (Å²) in [5.74, 6) is -0.695. The lowest BCUT2D eigenvalue weighted by Gasteiger charge is -2.49. The van der Waals surface area contributed by atoms with E-state index < -0.39 is 11.6 Å². The fourth-order valence-corrected chi connectivity index (χ4v) is 5.31. The monoisotopic (exact) mass is 334 g/mol. The first kappa shape index (κ1) is 16.5. The minimum atomic E-state index is -0.747. The highest BCUT2D eigenvalue weighted by Crippen LogP contribution is 2.38. The van der Waals surface area contributed by atoms with Gasteiger partial charge in [0.05, 0.1) is 0 Å². The lowest BCUT2D eigenvalue weighted by molar-refractivity contribution is -0.00385. The van der Waals surface area contributed by atoms with Crippen LogP contribution in [0.4, 0.5) is 8.78 Å². The topological polar surface area (TPSA) is 6.48 Å². The van der Waals surface area contributed by atoms with Crippen molar-refractivity contribution in [1.29, 1.82) is 0 Å². The predicted molar refractivity (Wildman–Crippen MR) is 91.7 cm³/mol. The fraction of sp³-hybridized carbons (Fsp3) is 0.700. The van der Waals surface area contributed by atoms with Crippen LogP contribution in [0.15, 0.2) is 18.2 Å². The third kappa shape index (κ3) is 3.23. The molecule has 0 aromatic heterocycles. The van der Waals surface area contributed by atoms with E-state index in [0.717, 1.165) is 31.1 Å². The van der Waals surface area contributed by atoms with E-state index in [4.69, 9.17) is 0 Å². The van der Waals surface area contributed by atoms with Crippen molar-refractivity contribution in [3.63, 3.8) is 0 Å². The summed E-state index contributed by atoms with van der Waals surface area (Å²) >= 11 is 0. The quantitative estimate of drug-likeness (QED) is 0.818. The molecule has 1 saturated carbocycles. The van der Waals surface area contributed by atoms with Gasteiger partial charge in [0.2, 0.25) is 0 Å². The molecule has 1 aliphatic carbocycles. The Balaban J connectivity index is 1.55. The fourth-order valence-electron chi connectivity index (χ4n) is 5.31. The van der Waals surface area contributed by atoms with E-state index >= 15 is 0 Å².